The highest BCUT2D eigenvalue weighted by Crippen LogP contribution is 2.43. The van der Waals surface area contributed by atoms with Gasteiger partial charge in [0.1, 0.15) is 5.82 Å². The number of benzene rings is 1. The molecule has 4 rings (SSSR count). The van der Waals surface area contributed by atoms with Crippen molar-refractivity contribution in [3.05, 3.63) is 51.2 Å². The number of hydrogen-bond acceptors (Lipinski definition) is 3. The van der Waals surface area contributed by atoms with Gasteiger partial charge in [-0.05, 0) is 37.3 Å². The first-order valence-corrected chi connectivity index (χ1v) is 8.56. The zero-order valence-electron chi connectivity index (χ0n) is 11.9. The number of nitrogens with one attached hydrogen (secondary N) is 1. The standard InChI is InChI=1S/C17H19FN2S/c18-14-4-2-1-3-12(14)9-16-20-17(11-5-6-11)15(21-16)10-19-13-7-8-13/h1-4,11,13,19H,5-10H2. The number of halogens is 1. The molecular formula is C17H19FN2S. The molecule has 21 heavy (non-hydrogen) atoms. The van der Waals surface area contributed by atoms with Crippen LogP contribution in [0.3, 0.4) is 0 Å². The molecule has 1 aromatic carbocycles. The topological polar surface area (TPSA) is 24.9 Å². The maximum atomic E-state index is 13.8. The van der Waals surface area contributed by atoms with E-state index in [0.717, 1.165) is 17.1 Å². The van der Waals surface area contributed by atoms with Crippen LogP contribution in [0.2, 0.25) is 0 Å². The van der Waals surface area contributed by atoms with E-state index in [9.17, 15) is 4.39 Å². The highest BCUT2D eigenvalue weighted by Gasteiger charge is 2.30. The van der Waals surface area contributed by atoms with Crippen LogP contribution in [0.5, 0.6) is 0 Å². The molecule has 0 unspecified atom stereocenters. The second-order valence-electron chi connectivity index (χ2n) is 6.11. The molecule has 1 aromatic heterocycles. The smallest absolute Gasteiger partial charge is 0.126 e. The van der Waals surface area contributed by atoms with Gasteiger partial charge in [-0.1, -0.05) is 18.2 Å². The normalized spacial score (nSPS) is 18.1. The summed E-state index contributed by atoms with van der Waals surface area (Å²) in [5.74, 6) is 0.532. The molecular weight excluding hydrogens is 283 g/mol. The Kier molecular flexibility index (Phi) is 3.51. The largest absolute Gasteiger partial charge is 0.309 e. The lowest BCUT2D eigenvalue weighted by Gasteiger charge is -2.01. The van der Waals surface area contributed by atoms with E-state index < -0.39 is 0 Å². The summed E-state index contributed by atoms with van der Waals surface area (Å²) in [5, 5.41) is 4.63. The van der Waals surface area contributed by atoms with Crippen molar-refractivity contribution in [1.29, 1.82) is 0 Å². The lowest BCUT2D eigenvalue weighted by molar-refractivity contribution is 0.613. The molecule has 4 heteroatoms. The maximum Gasteiger partial charge on any atom is 0.126 e. The van der Waals surface area contributed by atoms with E-state index in [1.165, 1.54) is 42.3 Å². The van der Waals surface area contributed by atoms with Crippen LogP contribution in [0.15, 0.2) is 24.3 Å². The minimum atomic E-state index is -0.127. The summed E-state index contributed by atoms with van der Waals surface area (Å²) in [5.41, 5.74) is 2.02. The van der Waals surface area contributed by atoms with E-state index in [1.54, 1.807) is 17.4 Å². The van der Waals surface area contributed by atoms with Gasteiger partial charge in [-0.3, -0.25) is 0 Å². The fraction of sp³-hybridized carbons (Fsp3) is 0.471. The molecule has 110 valence electrons. The van der Waals surface area contributed by atoms with Crippen LogP contribution in [0.4, 0.5) is 4.39 Å². The number of nitrogens with zero attached hydrogens (tertiary/aromatic N) is 1. The summed E-state index contributed by atoms with van der Waals surface area (Å²) in [6, 6.07) is 7.73. The van der Waals surface area contributed by atoms with Crippen molar-refractivity contribution in [3.8, 4) is 0 Å². The number of hydrogen-bond donors (Lipinski definition) is 1. The second kappa shape index (κ2) is 5.50. The summed E-state index contributed by atoms with van der Waals surface area (Å²) < 4.78 is 13.8. The average molecular weight is 302 g/mol. The average Bonchev–Trinajstić information content (AvgIpc) is 3.39. The second-order valence-corrected chi connectivity index (χ2v) is 7.28. The van der Waals surface area contributed by atoms with E-state index in [2.05, 4.69) is 5.32 Å². The molecule has 2 saturated carbocycles. The van der Waals surface area contributed by atoms with Crippen molar-refractivity contribution in [2.75, 3.05) is 0 Å². The summed E-state index contributed by atoms with van der Waals surface area (Å²) in [4.78, 5) is 6.19. The Hall–Kier alpha value is -1.26. The Labute approximate surface area is 128 Å². The molecule has 1 heterocycles. The summed E-state index contributed by atoms with van der Waals surface area (Å²) in [7, 11) is 0. The van der Waals surface area contributed by atoms with Crippen LogP contribution in [0.1, 0.15) is 52.7 Å². The van der Waals surface area contributed by atoms with Gasteiger partial charge in [0, 0.05) is 29.8 Å². The van der Waals surface area contributed by atoms with E-state index in [4.69, 9.17) is 4.98 Å². The highest BCUT2D eigenvalue weighted by atomic mass is 32.1. The van der Waals surface area contributed by atoms with Gasteiger partial charge in [-0.2, -0.15) is 0 Å². The minimum Gasteiger partial charge on any atom is -0.309 e. The number of aromatic nitrogens is 1. The van der Waals surface area contributed by atoms with Crippen molar-refractivity contribution in [1.82, 2.24) is 10.3 Å². The van der Waals surface area contributed by atoms with Crippen LogP contribution in [0, 0.1) is 5.82 Å². The molecule has 0 amide bonds. The summed E-state index contributed by atoms with van der Waals surface area (Å²) in [6.45, 7) is 0.936. The van der Waals surface area contributed by atoms with Gasteiger partial charge in [-0.15, -0.1) is 11.3 Å². The molecule has 0 aliphatic heterocycles. The predicted octanol–water partition coefficient (Wildman–Crippen LogP) is 4.00. The first-order valence-electron chi connectivity index (χ1n) is 7.75. The zero-order chi connectivity index (χ0) is 14.2. The van der Waals surface area contributed by atoms with Gasteiger partial charge in [0.2, 0.25) is 0 Å². The third-order valence-corrected chi connectivity index (χ3v) is 5.24. The molecule has 0 saturated heterocycles. The summed E-state index contributed by atoms with van der Waals surface area (Å²) in [6.07, 6.45) is 5.75. The van der Waals surface area contributed by atoms with Gasteiger partial charge in [-0.25, -0.2) is 9.37 Å². The van der Waals surface area contributed by atoms with Crippen LogP contribution in [-0.2, 0) is 13.0 Å². The third kappa shape index (κ3) is 3.16. The minimum absolute atomic E-state index is 0.127. The van der Waals surface area contributed by atoms with Crippen molar-refractivity contribution in [3.63, 3.8) is 0 Å². The molecule has 2 nitrogen and oxygen atoms in total. The monoisotopic (exact) mass is 302 g/mol. The Morgan fingerprint density at radius 3 is 2.71 bits per heavy atom. The lowest BCUT2D eigenvalue weighted by Crippen LogP contribution is -2.15. The van der Waals surface area contributed by atoms with Gasteiger partial charge >= 0.3 is 0 Å². The number of rotatable bonds is 6. The molecule has 0 bridgehead atoms. The summed E-state index contributed by atoms with van der Waals surface area (Å²) >= 11 is 1.76. The zero-order valence-corrected chi connectivity index (χ0v) is 12.8. The lowest BCUT2D eigenvalue weighted by atomic mass is 10.1. The van der Waals surface area contributed by atoms with Crippen LogP contribution >= 0.6 is 11.3 Å². The first-order chi connectivity index (χ1) is 10.3. The van der Waals surface area contributed by atoms with Crippen molar-refractivity contribution >= 4 is 11.3 Å². The molecule has 1 N–H and O–H groups in total. The van der Waals surface area contributed by atoms with E-state index in [0.29, 0.717) is 18.4 Å². The highest BCUT2D eigenvalue weighted by molar-refractivity contribution is 7.11. The van der Waals surface area contributed by atoms with Crippen molar-refractivity contribution in [2.24, 2.45) is 0 Å². The molecule has 2 aliphatic carbocycles. The van der Waals surface area contributed by atoms with Crippen LogP contribution in [-0.4, -0.2) is 11.0 Å². The third-order valence-electron chi connectivity index (χ3n) is 4.16. The van der Waals surface area contributed by atoms with Gasteiger partial charge < -0.3 is 5.32 Å². The molecule has 2 aliphatic rings. The van der Waals surface area contributed by atoms with Crippen LogP contribution in [0.25, 0.3) is 0 Å². The Bertz CT molecular complexity index is 644. The molecule has 0 radical (unpaired) electrons. The molecule has 0 atom stereocenters. The Morgan fingerprint density at radius 2 is 2.00 bits per heavy atom. The van der Waals surface area contributed by atoms with Crippen molar-refractivity contribution < 1.29 is 4.39 Å². The Balaban J connectivity index is 1.54. The van der Waals surface area contributed by atoms with Gasteiger partial charge in [0.05, 0.1) is 10.7 Å². The fourth-order valence-electron chi connectivity index (χ4n) is 2.62. The molecule has 2 aromatic rings. The first kappa shape index (κ1) is 13.4. The van der Waals surface area contributed by atoms with Gasteiger partial charge in [0.15, 0.2) is 0 Å². The predicted molar refractivity (Wildman–Crippen MR) is 83.2 cm³/mol. The van der Waals surface area contributed by atoms with Gasteiger partial charge in [0.25, 0.3) is 0 Å². The Morgan fingerprint density at radius 1 is 1.19 bits per heavy atom. The van der Waals surface area contributed by atoms with E-state index in [-0.39, 0.29) is 5.82 Å². The quantitative estimate of drug-likeness (QED) is 0.872. The fourth-order valence-corrected chi connectivity index (χ4v) is 3.75. The number of thiazole rings is 1. The van der Waals surface area contributed by atoms with E-state index >= 15 is 0 Å². The van der Waals surface area contributed by atoms with E-state index in [1.807, 2.05) is 12.1 Å². The maximum absolute atomic E-state index is 13.8. The SMILES string of the molecule is Fc1ccccc1Cc1nc(C2CC2)c(CNC2CC2)s1. The molecule has 0 spiro atoms. The van der Waals surface area contributed by atoms with Crippen LogP contribution < -0.4 is 5.32 Å². The molecule has 2 fully saturated rings. The van der Waals surface area contributed by atoms with Crippen molar-refractivity contribution in [2.45, 2.75) is 50.6 Å².